The number of rotatable bonds is 5. The van der Waals surface area contributed by atoms with Gasteiger partial charge in [0, 0.05) is 24.7 Å². The summed E-state index contributed by atoms with van der Waals surface area (Å²) in [6.07, 6.45) is 4.15. The van der Waals surface area contributed by atoms with Gasteiger partial charge < -0.3 is 10.6 Å². The molecule has 0 saturated heterocycles. The molecule has 0 bridgehead atoms. The van der Waals surface area contributed by atoms with Gasteiger partial charge in [-0.05, 0) is 41.8 Å². The first-order chi connectivity index (χ1) is 11.2. The Morgan fingerprint density at radius 2 is 2.16 bits per heavy atom. The quantitative estimate of drug-likeness (QED) is 0.800. The predicted molar refractivity (Wildman–Crippen MR) is 105 cm³/mol. The molecule has 136 valence electrons. The standard InChI is InChI=1S/C17H18FN3OS.2ClH/c18-17-14-5-7-20-9-13(14)3-4-15(17)21-16(22)11-23-10-12-2-1-6-19-8-12;;/h1-4,6,8,20H,5,7,9-11H2,(H,21,22);2*1H. The average Bonchev–Trinajstić information content (AvgIpc) is 2.59. The Balaban J connectivity index is 0.00000156. The minimum Gasteiger partial charge on any atom is -0.323 e. The smallest absolute Gasteiger partial charge is 0.234 e. The van der Waals surface area contributed by atoms with Crippen molar-refractivity contribution in [1.29, 1.82) is 0 Å². The van der Waals surface area contributed by atoms with E-state index in [1.54, 1.807) is 18.5 Å². The molecule has 2 heterocycles. The third-order valence-electron chi connectivity index (χ3n) is 3.71. The van der Waals surface area contributed by atoms with Gasteiger partial charge in [-0.3, -0.25) is 9.78 Å². The van der Waals surface area contributed by atoms with E-state index in [0.29, 0.717) is 24.3 Å². The number of carbonyl (C=O) groups is 1. The number of halogens is 3. The molecule has 0 atom stereocenters. The second kappa shape index (κ2) is 10.6. The van der Waals surface area contributed by atoms with E-state index in [4.69, 9.17) is 0 Å². The van der Waals surface area contributed by atoms with E-state index in [2.05, 4.69) is 15.6 Å². The van der Waals surface area contributed by atoms with Crippen molar-refractivity contribution >= 4 is 48.2 Å². The Hall–Kier alpha value is -1.34. The maximum absolute atomic E-state index is 14.4. The van der Waals surface area contributed by atoms with Crippen molar-refractivity contribution in [2.45, 2.75) is 18.7 Å². The lowest BCUT2D eigenvalue weighted by Crippen LogP contribution is -2.25. The van der Waals surface area contributed by atoms with Crippen LogP contribution in [0, 0.1) is 5.82 Å². The molecule has 1 aliphatic heterocycles. The molecule has 4 nitrogen and oxygen atoms in total. The highest BCUT2D eigenvalue weighted by Gasteiger charge is 2.17. The van der Waals surface area contributed by atoms with Crippen molar-refractivity contribution in [1.82, 2.24) is 10.3 Å². The van der Waals surface area contributed by atoms with Gasteiger partial charge in [0.2, 0.25) is 5.91 Å². The number of fused-ring (bicyclic) bond motifs is 1. The third-order valence-corrected chi connectivity index (χ3v) is 4.71. The normalized spacial score (nSPS) is 12.4. The molecule has 8 heteroatoms. The molecule has 1 aromatic heterocycles. The molecule has 3 rings (SSSR count). The topological polar surface area (TPSA) is 54.0 Å². The summed E-state index contributed by atoms with van der Waals surface area (Å²) in [5.74, 6) is 0.508. The molecule has 0 fully saturated rings. The number of thioether (sulfide) groups is 1. The fourth-order valence-corrected chi connectivity index (χ4v) is 3.33. The number of carbonyl (C=O) groups excluding carboxylic acids is 1. The lowest BCUT2D eigenvalue weighted by Gasteiger charge is -2.19. The summed E-state index contributed by atoms with van der Waals surface area (Å²) in [4.78, 5) is 16.0. The third kappa shape index (κ3) is 5.85. The van der Waals surface area contributed by atoms with Crippen LogP contribution in [0.2, 0.25) is 0 Å². The van der Waals surface area contributed by atoms with Crippen LogP contribution in [0.3, 0.4) is 0 Å². The maximum Gasteiger partial charge on any atom is 0.234 e. The van der Waals surface area contributed by atoms with Gasteiger partial charge in [-0.15, -0.1) is 36.6 Å². The fourth-order valence-electron chi connectivity index (χ4n) is 2.56. The van der Waals surface area contributed by atoms with Crippen LogP contribution in [-0.4, -0.2) is 23.2 Å². The highest BCUT2D eigenvalue weighted by molar-refractivity contribution is 7.99. The van der Waals surface area contributed by atoms with Gasteiger partial charge in [0.05, 0.1) is 11.4 Å². The molecule has 0 radical (unpaired) electrons. The number of benzene rings is 1. The Labute approximate surface area is 163 Å². The molecule has 1 aromatic carbocycles. The van der Waals surface area contributed by atoms with E-state index in [0.717, 1.165) is 17.7 Å². The van der Waals surface area contributed by atoms with Gasteiger partial charge in [0.1, 0.15) is 5.82 Å². The molecule has 0 saturated carbocycles. The summed E-state index contributed by atoms with van der Waals surface area (Å²) >= 11 is 1.48. The number of pyridine rings is 1. The highest BCUT2D eigenvalue weighted by Crippen LogP contribution is 2.24. The summed E-state index contributed by atoms with van der Waals surface area (Å²) in [5.41, 5.74) is 3.03. The molecule has 2 aromatic rings. The number of amides is 1. The van der Waals surface area contributed by atoms with Crippen LogP contribution >= 0.6 is 36.6 Å². The van der Waals surface area contributed by atoms with Gasteiger partial charge in [-0.25, -0.2) is 4.39 Å². The first-order valence-electron chi connectivity index (χ1n) is 7.51. The van der Waals surface area contributed by atoms with Crippen molar-refractivity contribution in [2.75, 3.05) is 17.6 Å². The van der Waals surface area contributed by atoms with Crippen LogP contribution in [0.15, 0.2) is 36.7 Å². The summed E-state index contributed by atoms with van der Waals surface area (Å²) in [6.45, 7) is 1.45. The zero-order chi connectivity index (χ0) is 16.1. The van der Waals surface area contributed by atoms with E-state index in [-0.39, 0.29) is 48.0 Å². The van der Waals surface area contributed by atoms with Gasteiger partial charge in [0.15, 0.2) is 0 Å². The zero-order valence-electron chi connectivity index (χ0n) is 13.5. The summed E-state index contributed by atoms with van der Waals surface area (Å²) in [6, 6.07) is 7.36. The zero-order valence-corrected chi connectivity index (χ0v) is 15.9. The largest absolute Gasteiger partial charge is 0.323 e. The minimum atomic E-state index is -0.297. The number of nitrogens with zero attached hydrogens (tertiary/aromatic N) is 1. The van der Waals surface area contributed by atoms with Gasteiger partial charge in [-0.2, -0.15) is 0 Å². The van der Waals surface area contributed by atoms with E-state index in [1.165, 1.54) is 11.8 Å². The Morgan fingerprint density at radius 1 is 1.32 bits per heavy atom. The van der Waals surface area contributed by atoms with Crippen molar-refractivity contribution in [3.63, 3.8) is 0 Å². The number of hydrogen-bond acceptors (Lipinski definition) is 4. The Kier molecular flexibility index (Phi) is 9.21. The Bertz CT molecular complexity index is 704. The van der Waals surface area contributed by atoms with E-state index in [9.17, 15) is 9.18 Å². The Morgan fingerprint density at radius 3 is 2.92 bits per heavy atom. The molecule has 25 heavy (non-hydrogen) atoms. The van der Waals surface area contributed by atoms with Crippen LogP contribution < -0.4 is 10.6 Å². The number of nitrogens with one attached hydrogen (secondary N) is 2. The number of hydrogen-bond donors (Lipinski definition) is 2. The predicted octanol–water partition coefficient (Wildman–Crippen LogP) is 3.58. The molecule has 0 unspecified atom stereocenters. The van der Waals surface area contributed by atoms with Gasteiger partial charge in [0.25, 0.3) is 0 Å². The van der Waals surface area contributed by atoms with Crippen molar-refractivity contribution < 1.29 is 9.18 Å². The van der Waals surface area contributed by atoms with Crippen LogP contribution in [0.4, 0.5) is 10.1 Å². The molecular weight excluding hydrogens is 384 g/mol. The van der Waals surface area contributed by atoms with Crippen molar-refractivity contribution in [2.24, 2.45) is 0 Å². The van der Waals surface area contributed by atoms with E-state index < -0.39 is 0 Å². The van der Waals surface area contributed by atoms with Crippen LogP contribution in [0.1, 0.15) is 16.7 Å². The van der Waals surface area contributed by atoms with E-state index >= 15 is 0 Å². The molecule has 0 spiro atoms. The average molecular weight is 404 g/mol. The maximum atomic E-state index is 14.4. The van der Waals surface area contributed by atoms with Crippen LogP contribution in [0.5, 0.6) is 0 Å². The minimum absolute atomic E-state index is 0. The summed E-state index contributed by atoms with van der Waals surface area (Å²) in [7, 11) is 0. The van der Waals surface area contributed by atoms with E-state index in [1.807, 2.05) is 18.2 Å². The van der Waals surface area contributed by atoms with Crippen molar-refractivity contribution in [3.05, 3.63) is 59.2 Å². The second-order valence-electron chi connectivity index (χ2n) is 5.39. The summed E-state index contributed by atoms with van der Waals surface area (Å²) < 4.78 is 14.4. The van der Waals surface area contributed by atoms with Crippen LogP contribution in [-0.2, 0) is 23.5 Å². The van der Waals surface area contributed by atoms with Crippen molar-refractivity contribution in [3.8, 4) is 0 Å². The molecular formula is C17H20Cl2FN3OS. The molecule has 1 aliphatic rings. The number of anilines is 1. The molecule has 1 amide bonds. The monoisotopic (exact) mass is 403 g/mol. The summed E-state index contributed by atoms with van der Waals surface area (Å²) in [5, 5.41) is 5.89. The first kappa shape index (κ1) is 21.7. The SMILES string of the molecule is Cl.Cl.O=C(CSCc1cccnc1)Nc1ccc2c(c1F)CCNC2. The van der Waals surface area contributed by atoms with Gasteiger partial charge in [-0.1, -0.05) is 12.1 Å². The number of aromatic nitrogens is 1. The lowest BCUT2D eigenvalue weighted by molar-refractivity contribution is -0.113. The second-order valence-corrected chi connectivity index (χ2v) is 6.38. The molecule has 2 N–H and O–H groups in total. The lowest BCUT2D eigenvalue weighted by atomic mass is 9.99. The highest BCUT2D eigenvalue weighted by atomic mass is 35.5. The van der Waals surface area contributed by atoms with Crippen LogP contribution in [0.25, 0.3) is 0 Å². The first-order valence-corrected chi connectivity index (χ1v) is 8.67. The van der Waals surface area contributed by atoms with Gasteiger partial charge >= 0.3 is 0 Å². The molecule has 0 aliphatic carbocycles. The fraction of sp³-hybridized carbons (Fsp3) is 0.294.